The molecule has 3 aliphatic heterocycles. The van der Waals surface area contributed by atoms with Crippen molar-refractivity contribution >= 4 is 29.5 Å². The summed E-state index contributed by atoms with van der Waals surface area (Å²) in [5, 5.41) is 9.42. The Morgan fingerprint density at radius 1 is 1.19 bits per heavy atom. The zero-order valence-electron chi connectivity index (χ0n) is 22.4. The molecule has 1 spiro atoms. The van der Waals surface area contributed by atoms with Crippen LogP contribution in [0.4, 0.5) is 0 Å². The molecule has 7 nitrogen and oxygen atoms in total. The number of nitrogens with zero attached hydrogens (tertiary/aromatic N) is 3. The van der Waals surface area contributed by atoms with E-state index < -0.39 is 22.6 Å². The van der Waals surface area contributed by atoms with Crippen LogP contribution in [0.15, 0.2) is 25.3 Å². The normalized spacial score (nSPS) is 29.2. The predicted octanol–water partition coefficient (Wildman–Crippen LogP) is 3.48. The van der Waals surface area contributed by atoms with E-state index >= 15 is 0 Å². The Labute approximate surface area is 221 Å². The SMILES string of the molecule is C=CCN(CCC)C(=O)[C@@H]1[C@H]2C(=O)N(CCCCO)C(C(=O)N(CC=C)C(C)CCC)C23CC[C@H]1S3. The van der Waals surface area contributed by atoms with Gasteiger partial charge in [-0.25, -0.2) is 0 Å². The molecule has 2 bridgehead atoms. The first-order valence-electron chi connectivity index (χ1n) is 13.7. The Kier molecular flexibility index (Phi) is 10.1. The van der Waals surface area contributed by atoms with Crippen molar-refractivity contribution in [3.05, 3.63) is 25.3 Å². The molecule has 0 radical (unpaired) electrons. The summed E-state index contributed by atoms with van der Waals surface area (Å²) >= 11 is 1.72. The molecule has 36 heavy (non-hydrogen) atoms. The van der Waals surface area contributed by atoms with Gasteiger partial charge in [0.1, 0.15) is 6.04 Å². The largest absolute Gasteiger partial charge is 0.396 e. The number of aliphatic hydroxyl groups is 1. The Hall–Kier alpha value is -1.80. The Morgan fingerprint density at radius 2 is 1.92 bits per heavy atom. The number of likely N-dealkylation sites (tertiary alicyclic amines) is 1. The number of amides is 3. The molecule has 202 valence electrons. The van der Waals surface area contributed by atoms with E-state index in [2.05, 4.69) is 27.0 Å². The summed E-state index contributed by atoms with van der Waals surface area (Å²) in [5.74, 6) is -0.931. The number of unbranched alkanes of at least 4 members (excludes halogenated alkanes) is 1. The van der Waals surface area contributed by atoms with Gasteiger partial charge in [0, 0.05) is 44.1 Å². The summed E-state index contributed by atoms with van der Waals surface area (Å²) in [7, 11) is 0. The van der Waals surface area contributed by atoms with Crippen LogP contribution in [0.1, 0.15) is 65.7 Å². The summed E-state index contributed by atoms with van der Waals surface area (Å²) < 4.78 is -0.574. The zero-order valence-corrected chi connectivity index (χ0v) is 23.2. The van der Waals surface area contributed by atoms with Crippen LogP contribution < -0.4 is 0 Å². The highest BCUT2D eigenvalue weighted by atomic mass is 32.2. The van der Waals surface area contributed by atoms with Crippen molar-refractivity contribution in [2.45, 2.75) is 87.8 Å². The lowest BCUT2D eigenvalue weighted by Crippen LogP contribution is -2.56. The number of aliphatic hydroxyl groups excluding tert-OH is 1. The van der Waals surface area contributed by atoms with Gasteiger partial charge in [-0.2, -0.15) is 0 Å². The molecular weight excluding hydrogens is 474 g/mol. The van der Waals surface area contributed by atoms with Gasteiger partial charge in [-0.1, -0.05) is 32.4 Å². The Balaban J connectivity index is 2.01. The smallest absolute Gasteiger partial charge is 0.247 e. The molecule has 0 aliphatic carbocycles. The maximum Gasteiger partial charge on any atom is 0.247 e. The van der Waals surface area contributed by atoms with Crippen LogP contribution in [0.5, 0.6) is 0 Å². The number of thioether (sulfide) groups is 1. The van der Waals surface area contributed by atoms with Gasteiger partial charge < -0.3 is 19.8 Å². The minimum absolute atomic E-state index is 0.0200. The van der Waals surface area contributed by atoms with E-state index in [0.717, 1.165) is 32.1 Å². The lowest BCUT2D eigenvalue weighted by atomic mass is 9.70. The Morgan fingerprint density at radius 3 is 2.53 bits per heavy atom. The molecular formula is C28H45N3O4S. The van der Waals surface area contributed by atoms with Gasteiger partial charge in [-0.05, 0) is 45.4 Å². The lowest BCUT2D eigenvalue weighted by molar-refractivity contribution is -0.145. The van der Waals surface area contributed by atoms with Crippen molar-refractivity contribution in [3.63, 3.8) is 0 Å². The van der Waals surface area contributed by atoms with E-state index in [0.29, 0.717) is 39.0 Å². The van der Waals surface area contributed by atoms with Crippen molar-refractivity contribution < 1.29 is 19.5 Å². The number of carbonyl (C=O) groups excluding carboxylic acids is 3. The number of hydrogen-bond acceptors (Lipinski definition) is 5. The highest BCUT2D eigenvalue weighted by molar-refractivity contribution is 8.02. The van der Waals surface area contributed by atoms with E-state index in [9.17, 15) is 19.5 Å². The molecule has 0 aromatic heterocycles. The molecule has 3 fully saturated rings. The molecule has 1 N–H and O–H groups in total. The first-order valence-corrected chi connectivity index (χ1v) is 14.6. The average molecular weight is 520 g/mol. The van der Waals surface area contributed by atoms with Crippen LogP contribution in [0.3, 0.4) is 0 Å². The van der Waals surface area contributed by atoms with Crippen LogP contribution >= 0.6 is 11.8 Å². The van der Waals surface area contributed by atoms with Crippen molar-refractivity contribution in [2.75, 3.05) is 32.8 Å². The topological polar surface area (TPSA) is 81.2 Å². The van der Waals surface area contributed by atoms with Crippen molar-refractivity contribution in [1.29, 1.82) is 0 Å². The zero-order chi connectivity index (χ0) is 26.5. The molecule has 3 aliphatic rings. The summed E-state index contributed by atoms with van der Waals surface area (Å²) in [6.45, 7) is 16.0. The Bertz CT molecular complexity index is 836. The van der Waals surface area contributed by atoms with Crippen molar-refractivity contribution in [2.24, 2.45) is 11.8 Å². The van der Waals surface area contributed by atoms with E-state index in [4.69, 9.17) is 0 Å². The molecule has 3 unspecified atom stereocenters. The van der Waals surface area contributed by atoms with Gasteiger partial charge in [0.05, 0.1) is 16.6 Å². The molecule has 8 heteroatoms. The van der Waals surface area contributed by atoms with Crippen molar-refractivity contribution in [3.8, 4) is 0 Å². The number of carbonyl (C=O) groups is 3. The van der Waals surface area contributed by atoms with Gasteiger partial charge in [0.2, 0.25) is 17.7 Å². The predicted molar refractivity (Wildman–Crippen MR) is 145 cm³/mol. The third-order valence-electron chi connectivity index (χ3n) is 8.13. The molecule has 3 heterocycles. The minimum atomic E-state index is -0.584. The number of hydrogen-bond donors (Lipinski definition) is 1. The van der Waals surface area contributed by atoms with Crippen LogP contribution in [0, 0.1) is 11.8 Å². The fourth-order valence-electron chi connectivity index (χ4n) is 6.63. The fourth-order valence-corrected chi connectivity index (χ4v) is 8.84. The monoisotopic (exact) mass is 519 g/mol. The van der Waals surface area contributed by atoms with Crippen LogP contribution in [0.25, 0.3) is 0 Å². The van der Waals surface area contributed by atoms with Crippen molar-refractivity contribution in [1.82, 2.24) is 14.7 Å². The maximum absolute atomic E-state index is 14.3. The standard InChI is InChI=1S/C28H45N3O4S/c1-6-12-20(5)30(17-9-4)27(35)24-28-14-13-21(36-28)22(25(33)29(15-7-2)16-8-3)23(28)26(34)31(24)18-10-11-19-32/h7,9,20-24,32H,2,4,6,8,10-19H2,1,3,5H3/t20?,21-,22+,23+,24?,28?/m1/s1. The molecule has 3 rings (SSSR count). The van der Waals surface area contributed by atoms with Crippen LogP contribution in [-0.4, -0.2) is 92.4 Å². The van der Waals surface area contributed by atoms with Crippen LogP contribution in [-0.2, 0) is 14.4 Å². The van der Waals surface area contributed by atoms with Gasteiger partial charge >= 0.3 is 0 Å². The van der Waals surface area contributed by atoms with Crippen LogP contribution in [0.2, 0.25) is 0 Å². The van der Waals surface area contributed by atoms with Gasteiger partial charge in [0.25, 0.3) is 0 Å². The second kappa shape index (κ2) is 12.6. The summed E-state index contributed by atoms with van der Waals surface area (Å²) in [5.41, 5.74) is 0. The number of rotatable bonds is 15. The van der Waals surface area contributed by atoms with E-state index in [1.165, 1.54) is 0 Å². The third kappa shape index (κ3) is 5.13. The maximum atomic E-state index is 14.3. The highest BCUT2D eigenvalue weighted by Crippen LogP contribution is 2.66. The summed E-state index contributed by atoms with van der Waals surface area (Å²) in [4.78, 5) is 47.7. The molecule has 0 aromatic carbocycles. The summed E-state index contributed by atoms with van der Waals surface area (Å²) in [6, 6.07) is -0.543. The molecule has 3 amide bonds. The second-order valence-electron chi connectivity index (χ2n) is 10.5. The van der Waals surface area contributed by atoms with E-state index in [1.54, 1.807) is 28.8 Å². The number of fused-ring (bicyclic) bond motifs is 1. The first kappa shape index (κ1) is 28.8. The lowest BCUT2D eigenvalue weighted by Gasteiger charge is -2.39. The van der Waals surface area contributed by atoms with Gasteiger partial charge in [-0.3, -0.25) is 14.4 Å². The highest BCUT2D eigenvalue weighted by Gasteiger charge is 2.74. The second-order valence-corrected chi connectivity index (χ2v) is 12.1. The fraction of sp³-hybridized carbons (Fsp3) is 0.750. The third-order valence-corrected chi connectivity index (χ3v) is 10.1. The van der Waals surface area contributed by atoms with E-state index in [1.807, 2.05) is 16.7 Å². The quantitative estimate of drug-likeness (QED) is 0.265. The van der Waals surface area contributed by atoms with Gasteiger partial charge in [-0.15, -0.1) is 24.9 Å². The first-order chi connectivity index (χ1) is 17.3. The molecule has 3 saturated heterocycles. The molecule has 6 atom stereocenters. The minimum Gasteiger partial charge on any atom is -0.396 e. The average Bonchev–Trinajstić information content (AvgIpc) is 3.49. The van der Waals surface area contributed by atoms with Gasteiger partial charge in [0.15, 0.2) is 0 Å². The summed E-state index contributed by atoms with van der Waals surface area (Å²) in [6.07, 6.45) is 9.02. The molecule has 0 saturated carbocycles. The molecule has 0 aromatic rings. The van der Waals surface area contributed by atoms with E-state index in [-0.39, 0.29) is 35.6 Å².